The van der Waals surface area contributed by atoms with E-state index in [1.54, 1.807) is 7.11 Å². The Kier molecular flexibility index (Phi) is 5.23. The molecule has 21 heavy (non-hydrogen) atoms. The molecular formula is C18H24N2O. The second kappa shape index (κ2) is 7.14. The zero-order valence-corrected chi connectivity index (χ0v) is 13.3. The lowest BCUT2D eigenvalue weighted by atomic mass is 10.1. The number of para-hydroxylation sites is 1. The molecule has 1 unspecified atom stereocenters. The second-order valence-corrected chi connectivity index (χ2v) is 5.28. The van der Waals surface area contributed by atoms with Crippen molar-refractivity contribution in [1.29, 1.82) is 0 Å². The molecule has 1 atom stereocenters. The van der Waals surface area contributed by atoms with Gasteiger partial charge in [0.15, 0.2) is 0 Å². The van der Waals surface area contributed by atoms with Crippen molar-refractivity contribution in [1.82, 2.24) is 5.32 Å². The Hall–Kier alpha value is -2.00. The summed E-state index contributed by atoms with van der Waals surface area (Å²) in [4.78, 5) is 2.29. The van der Waals surface area contributed by atoms with Gasteiger partial charge in [-0.25, -0.2) is 0 Å². The predicted octanol–water partition coefficient (Wildman–Crippen LogP) is 3.40. The van der Waals surface area contributed by atoms with Crippen LogP contribution in [0, 0.1) is 6.92 Å². The van der Waals surface area contributed by atoms with E-state index in [9.17, 15) is 0 Å². The maximum atomic E-state index is 5.22. The molecule has 3 nitrogen and oxygen atoms in total. The molecule has 0 fully saturated rings. The summed E-state index contributed by atoms with van der Waals surface area (Å²) in [6.45, 7) is 3.06. The summed E-state index contributed by atoms with van der Waals surface area (Å²) in [5, 5.41) is 3.39. The first-order valence-corrected chi connectivity index (χ1v) is 7.23. The SMILES string of the molecule is CNC(CN(C)c1ccccc1C)c1ccc(OC)cc1. The van der Waals surface area contributed by atoms with E-state index in [4.69, 9.17) is 4.74 Å². The number of anilines is 1. The Balaban J connectivity index is 2.13. The Morgan fingerprint density at radius 3 is 2.33 bits per heavy atom. The van der Waals surface area contributed by atoms with Gasteiger partial charge < -0.3 is 15.0 Å². The van der Waals surface area contributed by atoms with Crippen LogP contribution in [0.3, 0.4) is 0 Å². The number of nitrogens with zero attached hydrogens (tertiary/aromatic N) is 1. The molecule has 112 valence electrons. The average Bonchev–Trinajstić information content (AvgIpc) is 2.53. The quantitative estimate of drug-likeness (QED) is 0.880. The molecule has 0 saturated heterocycles. The molecule has 3 heteroatoms. The van der Waals surface area contributed by atoms with E-state index in [1.165, 1.54) is 16.8 Å². The maximum Gasteiger partial charge on any atom is 0.118 e. The van der Waals surface area contributed by atoms with Crippen LogP contribution in [0.2, 0.25) is 0 Å². The van der Waals surface area contributed by atoms with Gasteiger partial charge in [0.25, 0.3) is 0 Å². The second-order valence-electron chi connectivity index (χ2n) is 5.28. The fourth-order valence-corrected chi connectivity index (χ4v) is 2.56. The smallest absolute Gasteiger partial charge is 0.118 e. The van der Waals surface area contributed by atoms with E-state index in [2.05, 4.69) is 60.6 Å². The third-order valence-electron chi connectivity index (χ3n) is 3.85. The van der Waals surface area contributed by atoms with E-state index in [0.29, 0.717) is 0 Å². The highest BCUT2D eigenvalue weighted by Crippen LogP contribution is 2.22. The highest BCUT2D eigenvalue weighted by molar-refractivity contribution is 5.52. The van der Waals surface area contributed by atoms with Crippen LogP contribution in [0.1, 0.15) is 17.2 Å². The van der Waals surface area contributed by atoms with E-state index in [-0.39, 0.29) is 6.04 Å². The molecule has 2 rings (SSSR count). The zero-order chi connectivity index (χ0) is 15.2. The van der Waals surface area contributed by atoms with Crippen LogP contribution in [0.4, 0.5) is 5.69 Å². The lowest BCUT2D eigenvalue weighted by molar-refractivity contribution is 0.414. The van der Waals surface area contributed by atoms with Crippen molar-refractivity contribution in [2.45, 2.75) is 13.0 Å². The first kappa shape index (κ1) is 15.4. The van der Waals surface area contributed by atoms with Crippen LogP contribution in [0.5, 0.6) is 5.75 Å². The first-order valence-electron chi connectivity index (χ1n) is 7.23. The summed E-state index contributed by atoms with van der Waals surface area (Å²) in [5.74, 6) is 0.890. The predicted molar refractivity (Wildman–Crippen MR) is 89.2 cm³/mol. The molecule has 0 aliphatic heterocycles. The number of hydrogen-bond donors (Lipinski definition) is 1. The molecule has 0 heterocycles. The Bertz CT molecular complexity index is 566. The minimum absolute atomic E-state index is 0.278. The van der Waals surface area contributed by atoms with Gasteiger partial charge in [0, 0.05) is 25.3 Å². The summed E-state index contributed by atoms with van der Waals surface area (Å²) >= 11 is 0. The van der Waals surface area contributed by atoms with Crippen molar-refractivity contribution in [2.75, 3.05) is 32.6 Å². The van der Waals surface area contributed by atoms with Gasteiger partial charge in [0.1, 0.15) is 5.75 Å². The van der Waals surface area contributed by atoms with Crippen molar-refractivity contribution in [2.24, 2.45) is 0 Å². The minimum Gasteiger partial charge on any atom is -0.497 e. The largest absolute Gasteiger partial charge is 0.497 e. The van der Waals surface area contributed by atoms with Gasteiger partial charge in [-0.05, 0) is 43.3 Å². The van der Waals surface area contributed by atoms with Crippen molar-refractivity contribution >= 4 is 5.69 Å². The normalized spacial score (nSPS) is 12.0. The third kappa shape index (κ3) is 3.76. The van der Waals surface area contributed by atoms with Gasteiger partial charge >= 0.3 is 0 Å². The summed E-state index contributed by atoms with van der Waals surface area (Å²) in [7, 11) is 5.83. The number of aryl methyl sites for hydroxylation is 1. The topological polar surface area (TPSA) is 24.5 Å². The Morgan fingerprint density at radius 2 is 1.76 bits per heavy atom. The summed E-state index contributed by atoms with van der Waals surface area (Å²) in [6.07, 6.45) is 0. The summed E-state index contributed by atoms with van der Waals surface area (Å²) in [5.41, 5.74) is 3.83. The third-order valence-corrected chi connectivity index (χ3v) is 3.85. The van der Waals surface area contributed by atoms with Gasteiger partial charge in [-0.2, -0.15) is 0 Å². The van der Waals surface area contributed by atoms with E-state index in [1.807, 2.05) is 19.2 Å². The highest BCUT2D eigenvalue weighted by atomic mass is 16.5. The van der Waals surface area contributed by atoms with Crippen LogP contribution in [-0.2, 0) is 0 Å². The molecule has 2 aromatic carbocycles. The standard InChI is InChI=1S/C18H24N2O/c1-14-7-5-6-8-18(14)20(3)13-17(19-2)15-9-11-16(21-4)12-10-15/h5-12,17,19H,13H2,1-4H3. The number of nitrogens with one attached hydrogen (secondary N) is 1. The molecule has 2 aromatic rings. The first-order chi connectivity index (χ1) is 10.2. The van der Waals surface area contributed by atoms with Gasteiger partial charge in [-0.3, -0.25) is 0 Å². The van der Waals surface area contributed by atoms with Crippen molar-refractivity contribution in [3.8, 4) is 5.75 Å². The molecule has 0 aliphatic rings. The van der Waals surface area contributed by atoms with Gasteiger partial charge in [-0.1, -0.05) is 30.3 Å². The van der Waals surface area contributed by atoms with Crippen LogP contribution in [0.25, 0.3) is 0 Å². The number of hydrogen-bond acceptors (Lipinski definition) is 3. The monoisotopic (exact) mass is 284 g/mol. The lowest BCUT2D eigenvalue weighted by Gasteiger charge is -2.27. The van der Waals surface area contributed by atoms with Crippen molar-refractivity contribution in [3.05, 3.63) is 59.7 Å². The fraction of sp³-hybridized carbons (Fsp3) is 0.333. The molecule has 0 aliphatic carbocycles. The van der Waals surface area contributed by atoms with Crippen molar-refractivity contribution < 1.29 is 4.74 Å². The molecule has 1 N–H and O–H groups in total. The van der Waals surface area contributed by atoms with Crippen molar-refractivity contribution in [3.63, 3.8) is 0 Å². The Morgan fingerprint density at radius 1 is 1.10 bits per heavy atom. The highest BCUT2D eigenvalue weighted by Gasteiger charge is 2.13. The van der Waals surface area contributed by atoms with Gasteiger partial charge in [0.05, 0.1) is 7.11 Å². The Labute approximate surface area is 127 Å². The molecule has 0 saturated carbocycles. The minimum atomic E-state index is 0.278. The molecule has 0 amide bonds. The van der Waals surface area contributed by atoms with Crippen LogP contribution < -0.4 is 15.0 Å². The molecule has 0 spiro atoms. The average molecular weight is 284 g/mol. The maximum absolute atomic E-state index is 5.22. The number of benzene rings is 2. The lowest BCUT2D eigenvalue weighted by Crippen LogP contribution is -2.31. The van der Waals surface area contributed by atoms with Gasteiger partial charge in [-0.15, -0.1) is 0 Å². The van der Waals surface area contributed by atoms with Crippen LogP contribution in [-0.4, -0.2) is 27.7 Å². The molecule has 0 aromatic heterocycles. The van der Waals surface area contributed by atoms with E-state index >= 15 is 0 Å². The summed E-state index contributed by atoms with van der Waals surface area (Å²) < 4.78 is 5.22. The molecular weight excluding hydrogens is 260 g/mol. The zero-order valence-electron chi connectivity index (χ0n) is 13.3. The molecule has 0 radical (unpaired) electrons. The number of rotatable bonds is 6. The van der Waals surface area contributed by atoms with Crippen LogP contribution in [0.15, 0.2) is 48.5 Å². The van der Waals surface area contributed by atoms with Crippen LogP contribution >= 0.6 is 0 Å². The van der Waals surface area contributed by atoms with E-state index in [0.717, 1.165) is 12.3 Å². The number of methoxy groups -OCH3 is 1. The fourth-order valence-electron chi connectivity index (χ4n) is 2.56. The number of likely N-dealkylation sites (N-methyl/N-ethyl adjacent to an activating group) is 2. The number of ether oxygens (including phenoxy) is 1. The van der Waals surface area contributed by atoms with Gasteiger partial charge in [0.2, 0.25) is 0 Å². The molecule has 0 bridgehead atoms. The van der Waals surface area contributed by atoms with E-state index < -0.39 is 0 Å². The summed E-state index contributed by atoms with van der Waals surface area (Å²) in [6, 6.07) is 17.0.